The highest BCUT2D eigenvalue weighted by Gasteiger charge is 2.28. The first-order chi connectivity index (χ1) is 10.6. The lowest BCUT2D eigenvalue weighted by atomic mass is 9.92. The zero-order chi connectivity index (χ0) is 15.9. The van der Waals surface area contributed by atoms with Crippen LogP contribution in [0, 0.1) is 5.92 Å². The molecular formula is C18H27NO3. The van der Waals surface area contributed by atoms with Crippen molar-refractivity contribution in [3.8, 4) is 5.75 Å². The monoisotopic (exact) mass is 305 g/mol. The van der Waals surface area contributed by atoms with Gasteiger partial charge in [-0.2, -0.15) is 0 Å². The number of piperidine rings is 1. The summed E-state index contributed by atoms with van der Waals surface area (Å²) in [7, 11) is 1.68. The molecule has 0 N–H and O–H groups in total. The fourth-order valence-corrected chi connectivity index (χ4v) is 3.10. The number of hydrogen-bond donors (Lipinski definition) is 0. The van der Waals surface area contributed by atoms with Crippen molar-refractivity contribution in [2.45, 2.75) is 45.7 Å². The van der Waals surface area contributed by atoms with Gasteiger partial charge in [0.25, 0.3) is 0 Å². The van der Waals surface area contributed by atoms with Gasteiger partial charge in [0.05, 0.1) is 20.1 Å². The number of rotatable bonds is 6. The molecule has 4 nitrogen and oxygen atoms in total. The second-order valence-electron chi connectivity index (χ2n) is 6.12. The van der Waals surface area contributed by atoms with Crippen molar-refractivity contribution in [1.29, 1.82) is 0 Å². The molecule has 122 valence electrons. The number of carbonyl (C=O) groups is 1. The van der Waals surface area contributed by atoms with E-state index in [9.17, 15) is 4.79 Å². The van der Waals surface area contributed by atoms with Crippen LogP contribution in [0.25, 0.3) is 0 Å². The number of nitrogens with zero attached hydrogens (tertiary/aromatic N) is 1. The highest BCUT2D eigenvalue weighted by molar-refractivity contribution is 5.70. The number of esters is 1. The molecule has 0 amide bonds. The molecule has 0 spiro atoms. The summed E-state index contributed by atoms with van der Waals surface area (Å²) in [6.45, 7) is 6.51. The van der Waals surface area contributed by atoms with Crippen LogP contribution in [0.4, 0.5) is 0 Å². The molecule has 0 aromatic heterocycles. The number of benzene rings is 1. The highest BCUT2D eigenvalue weighted by Crippen LogP contribution is 2.26. The fourth-order valence-electron chi connectivity index (χ4n) is 3.10. The van der Waals surface area contributed by atoms with E-state index in [1.807, 2.05) is 19.1 Å². The third-order valence-electron chi connectivity index (χ3n) is 4.31. The number of hydrogen-bond acceptors (Lipinski definition) is 4. The minimum absolute atomic E-state index is 0.0817. The van der Waals surface area contributed by atoms with E-state index in [0.29, 0.717) is 18.9 Å². The van der Waals surface area contributed by atoms with Crippen LogP contribution in [0.15, 0.2) is 24.3 Å². The summed E-state index contributed by atoms with van der Waals surface area (Å²) in [5.74, 6) is 1.47. The summed E-state index contributed by atoms with van der Waals surface area (Å²) >= 11 is 0. The van der Waals surface area contributed by atoms with Crippen LogP contribution in [0.1, 0.15) is 38.7 Å². The topological polar surface area (TPSA) is 38.8 Å². The zero-order valence-electron chi connectivity index (χ0n) is 13.9. The van der Waals surface area contributed by atoms with Gasteiger partial charge in [-0.15, -0.1) is 0 Å². The molecule has 1 heterocycles. The van der Waals surface area contributed by atoms with Gasteiger partial charge < -0.3 is 9.47 Å². The Morgan fingerprint density at radius 2 is 2.00 bits per heavy atom. The van der Waals surface area contributed by atoms with E-state index in [1.165, 1.54) is 12.0 Å². The third kappa shape index (κ3) is 4.73. The lowest BCUT2D eigenvalue weighted by Crippen LogP contribution is -2.43. The molecule has 1 aromatic rings. The van der Waals surface area contributed by atoms with Crippen molar-refractivity contribution >= 4 is 5.97 Å². The van der Waals surface area contributed by atoms with Crippen LogP contribution in [0.3, 0.4) is 0 Å². The average molecular weight is 305 g/mol. The van der Waals surface area contributed by atoms with Crippen molar-refractivity contribution in [2.75, 3.05) is 20.3 Å². The largest absolute Gasteiger partial charge is 0.497 e. The maximum Gasteiger partial charge on any atom is 0.307 e. The Morgan fingerprint density at radius 3 is 2.64 bits per heavy atom. The number of ether oxygens (including phenoxy) is 2. The molecule has 1 saturated heterocycles. The van der Waals surface area contributed by atoms with E-state index >= 15 is 0 Å². The van der Waals surface area contributed by atoms with Crippen molar-refractivity contribution in [1.82, 2.24) is 4.90 Å². The van der Waals surface area contributed by atoms with Crippen LogP contribution in [-0.2, 0) is 16.1 Å². The van der Waals surface area contributed by atoms with E-state index in [4.69, 9.17) is 9.47 Å². The molecular weight excluding hydrogens is 278 g/mol. The summed E-state index contributed by atoms with van der Waals surface area (Å²) in [5, 5.41) is 0. The second-order valence-corrected chi connectivity index (χ2v) is 6.12. The minimum atomic E-state index is -0.0817. The molecule has 2 atom stereocenters. The predicted octanol–water partition coefficient (Wildman–Crippen LogP) is 3.25. The molecule has 0 bridgehead atoms. The maximum absolute atomic E-state index is 11.8. The van der Waals surface area contributed by atoms with Gasteiger partial charge in [0.15, 0.2) is 0 Å². The van der Waals surface area contributed by atoms with Gasteiger partial charge in [-0.25, -0.2) is 0 Å². The first kappa shape index (κ1) is 16.8. The summed E-state index contributed by atoms with van der Waals surface area (Å²) in [6.07, 6.45) is 2.75. The fraction of sp³-hybridized carbons (Fsp3) is 0.611. The SMILES string of the molecule is CCOC(=O)CC1CCC(C)CN1Cc1ccc(OC)cc1. The first-order valence-electron chi connectivity index (χ1n) is 8.15. The molecule has 0 aliphatic carbocycles. The van der Waals surface area contributed by atoms with E-state index in [2.05, 4.69) is 24.0 Å². The van der Waals surface area contributed by atoms with Crippen LogP contribution in [0.5, 0.6) is 5.75 Å². The number of carbonyl (C=O) groups excluding carboxylic acids is 1. The van der Waals surface area contributed by atoms with Gasteiger partial charge in [-0.1, -0.05) is 19.1 Å². The molecule has 2 rings (SSSR count). The van der Waals surface area contributed by atoms with Gasteiger partial charge in [0.2, 0.25) is 0 Å². The summed E-state index contributed by atoms with van der Waals surface area (Å²) in [4.78, 5) is 14.2. The average Bonchev–Trinajstić information content (AvgIpc) is 2.51. The van der Waals surface area contributed by atoms with Gasteiger partial charge >= 0.3 is 5.97 Å². The predicted molar refractivity (Wildman–Crippen MR) is 86.8 cm³/mol. The molecule has 0 saturated carbocycles. The Balaban J connectivity index is 2.00. The summed E-state index contributed by atoms with van der Waals surface area (Å²) in [6, 6.07) is 8.46. The molecule has 0 radical (unpaired) electrons. The quantitative estimate of drug-likeness (QED) is 0.756. The Hall–Kier alpha value is -1.55. The Bertz CT molecular complexity index is 472. The molecule has 4 heteroatoms. The molecule has 1 aliphatic heterocycles. The van der Waals surface area contributed by atoms with E-state index in [0.717, 1.165) is 25.3 Å². The molecule has 1 aromatic carbocycles. The van der Waals surface area contributed by atoms with Gasteiger partial charge in [-0.05, 0) is 43.4 Å². The van der Waals surface area contributed by atoms with Gasteiger partial charge in [-0.3, -0.25) is 9.69 Å². The first-order valence-corrected chi connectivity index (χ1v) is 8.15. The van der Waals surface area contributed by atoms with Crippen molar-refractivity contribution in [3.63, 3.8) is 0 Å². The second kappa shape index (κ2) is 8.18. The Morgan fingerprint density at radius 1 is 1.27 bits per heavy atom. The lowest BCUT2D eigenvalue weighted by molar-refractivity contribution is -0.145. The Labute approximate surface area is 133 Å². The van der Waals surface area contributed by atoms with Gasteiger partial charge in [0.1, 0.15) is 5.75 Å². The van der Waals surface area contributed by atoms with Crippen LogP contribution < -0.4 is 4.74 Å². The van der Waals surface area contributed by atoms with Crippen LogP contribution in [0.2, 0.25) is 0 Å². The van der Waals surface area contributed by atoms with E-state index in [-0.39, 0.29) is 12.0 Å². The van der Waals surface area contributed by atoms with Crippen molar-refractivity contribution < 1.29 is 14.3 Å². The summed E-state index contributed by atoms with van der Waals surface area (Å²) in [5.41, 5.74) is 1.25. The molecule has 2 unspecified atom stereocenters. The zero-order valence-corrected chi connectivity index (χ0v) is 13.9. The third-order valence-corrected chi connectivity index (χ3v) is 4.31. The van der Waals surface area contributed by atoms with Crippen molar-refractivity contribution in [2.24, 2.45) is 5.92 Å². The smallest absolute Gasteiger partial charge is 0.307 e. The molecule has 1 aliphatic rings. The standard InChI is InChI=1S/C18H27NO3/c1-4-22-18(20)11-16-8-5-14(2)12-19(16)13-15-6-9-17(21-3)10-7-15/h6-7,9-10,14,16H,4-5,8,11-13H2,1-3H3. The number of likely N-dealkylation sites (tertiary alicyclic amines) is 1. The lowest BCUT2D eigenvalue weighted by Gasteiger charge is -2.38. The highest BCUT2D eigenvalue weighted by atomic mass is 16.5. The molecule has 22 heavy (non-hydrogen) atoms. The minimum Gasteiger partial charge on any atom is -0.497 e. The normalized spacial score (nSPS) is 22.3. The van der Waals surface area contributed by atoms with Gasteiger partial charge in [0, 0.05) is 19.1 Å². The maximum atomic E-state index is 11.8. The Kier molecular flexibility index (Phi) is 6.25. The van der Waals surface area contributed by atoms with Crippen molar-refractivity contribution in [3.05, 3.63) is 29.8 Å². The number of methoxy groups -OCH3 is 1. The summed E-state index contributed by atoms with van der Waals surface area (Å²) < 4.78 is 10.3. The van der Waals surface area contributed by atoms with E-state index in [1.54, 1.807) is 7.11 Å². The molecule has 1 fully saturated rings. The van der Waals surface area contributed by atoms with E-state index < -0.39 is 0 Å². The van der Waals surface area contributed by atoms with Crippen LogP contribution >= 0.6 is 0 Å². The van der Waals surface area contributed by atoms with Crippen LogP contribution in [-0.4, -0.2) is 37.2 Å².